The van der Waals surface area contributed by atoms with Crippen molar-refractivity contribution in [2.24, 2.45) is 5.73 Å². The summed E-state index contributed by atoms with van der Waals surface area (Å²) < 4.78 is 5.24. The van der Waals surface area contributed by atoms with Gasteiger partial charge in [-0.2, -0.15) is 0 Å². The van der Waals surface area contributed by atoms with E-state index in [1.165, 1.54) is 0 Å². The number of ether oxygens (including phenoxy) is 1. The molecule has 4 N–H and O–H groups in total. The highest BCUT2D eigenvalue weighted by molar-refractivity contribution is 6.31. The van der Waals surface area contributed by atoms with Gasteiger partial charge < -0.3 is 20.8 Å². The monoisotopic (exact) mass is 323 g/mol. The Morgan fingerprint density at radius 3 is 2.82 bits per heavy atom. The molecule has 2 aromatic rings. The third-order valence-corrected chi connectivity index (χ3v) is 3.53. The van der Waals surface area contributed by atoms with Crippen LogP contribution in [0, 0.1) is 0 Å². The van der Waals surface area contributed by atoms with Gasteiger partial charge in [0.1, 0.15) is 5.60 Å². The summed E-state index contributed by atoms with van der Waals surface area (Å²) in [4.78, 5) is 14.9. The molecule has 5 nitrogen and oxygen atoms in total. The number of carbonyl (C=O) groups is 1. The number of hydrogen-bond acceptors (Lipinski definition) is 3. The Labute approximate surface area is 135 Å². The zero-order chi connectivity index (χ0) is 16.3. The second-order valence-corrected chi connectivity index (χ2v) is 6.69. The van der Waals surface area contributed by atoms with Gasteiger partial charge in [0.25, 0.3) is 0 Å². The molecule has 0 spiro atoms. The number of rotatable bonds is 4. The van der Waals surface area contributed by atoms with E-state index in [1.54, 1.807) is 0 Å². The molecule has 2 rings (SSSR count). The van der Waals surface area contributed by atoms with Crippen molar-refractivity contribution in [2.75, 3.05) is 13.1 Å². The Hall–Kier alpha value is -1.72. The molecule has 0 saturated carbocycles. The number of amides is 1. The highest BCUT2D eigenvalue weighted by Crippen LogP contribution is 2.27. The summed E-state index contributed by atoms with van der Waals surface area (Å²) >= 11 is 5.99. The van der Waals surface area contributed by atoms with E-state index in [2.05, 4.69) is 10.3 Å². The zero-order valence-electron chi connectivity index (χ0n) is 13.1. The standard InChI is InChI=1S/C16H22ClN3O2/c1-16(2,3)22-15(21)20-8-10(7-18)13-9-19-14-6-11(17)4-5-12(13)14/h4-6,9-10,19H,7-8,18H2,1-3H3,(H,20,21). The maximum Gasteiger partial charge on any atom is 0.407 e. The normalized spacial score (nSPS) is 13.1. The number of halogens is 1. The summed E-state index contributed by atoms with van der Waals surface area (Å²) in [5.74, 6) is 0.00226. The van der Waals surface area contributed by atoms with Crippen molar-refractivity contribution in [2.45, 2.75) is 32.3 Å². The van der Waals surface area contributed by atoms with Gasteiger partial charge in [0, 0.05) is 41.1 Å². The average Bonchev–Trinajstić information content (AvgIpc) is 2.80. The Bertz CT molecular complexity index is 661. The van der Waals surface area contributed by atoms with Crippen LogP contribution in [0.3, 0.4) is 0 Å². The molecule has 0 aliphatic rings. The molecule has 22 heavy (non-hydrogen) atoms. The second-order valence-electron chi connectivity index (χ2n) is 6.25. The summed E-state index contributed by atoms with van der Waals surface area (Å²) in [5.41, 5.74) is 7.37. The molecular formula is C16H22ClN3O2. The highest BCUT2D eigenvalue weighted by atomic mass is 35.5. The van der Waals surface area contributed by atoms with Gasteiger partial charge >= 0.3 is 6.09 Å². The van der Waals surface area contributed by atoms with E-state index in [0.29, 0.717) is 18.1 Å². The molecule has 0 saturated heterocycles. The van der Waals surface area contributed by atoms with Crippen LogP contribution in [0.4, 0.5) is 4.79 Å². The molecule has 1 unspecified atom stereocenters. The molecule has 1 atom stereocenters. The first kappa shape index (κ1) is 16.6. The molecule has 120 valence electrons. The number of fused-ring (bicyclic) bond motifs is 1. The number of aromatic amines is 1. The first-order valence-electron chi connectivity index (χ1n) is 7.23. The predicted molar refractivity (Wildman–Crippen MR) is 89.3 cm³/mol. The van der Waals surface area contributed by atoms with Crippen molar-refractivity contribution in [3.05, 3.63) is 35.0 Å². The molecule has 6 heteroatoms. The summed E-state index contributed by atoms with van der Waals surface area (Å²) in [7, 11) is 0. The van der Waals surface area contributed by atoms with Gasteiger partial charge in [-0.05, 0) is 38.5 Å². The van der Waals surface area contributed by atoms with Crippen molar-refractivity contribution < 1.29 is 9.53 Å². The molecule has 0 bridgehead atoms. The van der Waals surface area contributed by atoms with Crippen LogP contribution in [0.5, 0.6) is 0 Å². The quantitative estimate of drug-likeness (QED) is 0.806. The third-order valence-electron chi connectivity index (χ3n) is 3.29. The minimum absolute atomic E-state index is 0.00226. The topological polar surface area (TPSA) is 80.1 Å². The first-order valence-corrected chi connectivity index (χ1v) is 7.61. The molecule has 1 aromatic carbocycles. The minimum Gasteiger partial charge on any atom is -0.444 e. The highest BCUT2D eigenvalue weighted by Gasteiger charge is 2.19. The summed E-state index contributed by atoms with van der Waals surface area (Å²) in [6.07, 6.45) is 1.48. The lowest BCUT2D eigenvalue weighted by Gasteiger charge is -2.21. The largest absolute Gasteiger partial charge is 0.444 e. The van der Waals surface area contributed by atoms with E-state index in [-0.39, 0.29) is 5.92 Å². The maximum absolute atomic E-state index is 11.8. The van der Waals surface area contributed by atoms with Crippen molar-refractivity contribution >= 4 is 28.6 Å². The SMILES string of the molecule is CC(C)(C)OC(=O)NCC(CN)c1c[nH]c2cc(Cl)ccc12. The Kier molecular flexibility index (Phi) is 4.98. The Morgan fingerprint density at radius 1 is 1.45 bits per heavy atom. The molecule has 1 aromatic heterocycles. The van der Waals surface area contributed by atoms with E-state index < -0.39 is 11.7 Å². The fraction of sp³-hybridized carbons (Fsp3) is 0.438. The molecule has 1 amide bonds. The van der Waals surface area contributed by atoms with Gasteiger partial charge in [-0.25, -0.2) is 4.79 Å². The van der Waals surface area contributed by atoms with Crippen LogP contribution < -0.4 is 11.1 Å². The lowest BCUT2D eigenvalue weighted by Crippen LogP contribution is -2.36. The lowest BCUT2D eigenvalue weighted by molar-refractivity contribution is 0.0525. The number of alkyl carbamates (subject to hydrolysis) is 1. The van der Waals surface area contributed by atoms with Crippen LogP contribution in [0.15, 0.2) is 24.4 Å². The van der Waals surface area contributed by atoms with Crippen molar-refractivity contribution in [1.82, 2.24) is 10.3 Å². The number of aromatic nitrogens is 1. The van der Waals surface area contributed by atoms with Crippen LogP contribution in [0.25, 0.3) is 10.9 Å². The fourth-order valence-corrected chi connectivity index (χ4v) is 2.47. The van der Waals surface area contributed by atoms with Crippen molar-refractivity contribution in [3.63, 3.8) is 0 Å². The molecule has 1 heterocycles. The smallest absolute Gasteiger partial charge is 0.407 e. The maximum atomic E-state index is 11.8. The van der Waals surface area contributed by atoms with E-state index in [1.807, 2.05) is 45.2 Å². The number of carbonyl (C=O) groups excluding carboxylic acids is 1. The van der Waals surface area contributed by atoms with Crippen molar-refractivity contribution in [3.8, 4) is 0 Å². The van der Waals surface area contributed by atoms with Crippen LogP contribution in [0.2, 0.25) is 5.02 Å². The fourth-order valence-electron chi connectivity index (χ4n) is 2.30. The van der Waals surface area contributed by atoms with Crippen molar-refractivity contribution in [1.29, 1.82) is 0 Å². The van der Waals surface area contributed by atoms with Gasteiger partial charge in [0.15, 0.2) is 0 Å². The Morgan fingerprint density at radius 2 is 2.18 bits per heavy atom. The van der Waals surface area contributed by atoms with Gasteiger partial charge in [-0.1, -0.05) is 17.7 Å². The predicted octanol–water partition coefficient (Wildman–Crippen LogP) is 3.39. The molecule has 0 aliphatic heterocycles. The molecule has 0 fully saturated rings. The molecular weight excluding hydrogens is 302 g/mol. The Balaban J connectivity index is 2.09. The first-order chi connectivity index (χ1) is 10.3. The van der Waals surface area contributed by atoms with Crippen LogP contribution >= 0.6 is 11.6 Å². The number of H-pyrrole nitrogens is 1. The minimum atomic E-state index is -0.514. The van der Waals surface area contributed by atoms with E-state index in [0.717, 1.165) is 16.5 Å². The van der Waals surface area contributed by atoms with Gasteiger partial charge in [0.05, 0.1) is 0 Å². The van der Waals surface area contributed by atoms with E-state index >= 15 is 0 Å². The number of benzene rings is 1. The second kappa shape index (κ2) is 6.58. The zero-order valence-corrected chi connectivity index (χ0v) is 13.8. The number of nitrogens with two attached hydrogens (primary N) is 1. The third kappa shape index (κ3) is 4.15. The van der Waals surface area contributed by atoms with Gasteiger partial charge in [-0.15, -0.1) is 0 Å². The molecule has 0 aliphatic carbocycles. The number of hydrogen-bond donors (Lipinski definition) is 3. The summed E-state index contributed by atoms with van der Waals surface area (Å²) in [5, 5.41) is 4.51. The lowest BCUT2D eigenvalue weighted by atomic mass is 9.98. The molecule has 0 radical (unpaired) electrons. The van der Waals surface area contributed by atoms with E-state index in [9.17, 15) is 4.79 Å². The van der Waals surface area contributed by atoms with E-state index in [4.69, 9.17) is 22.1 Å². The van der Waals surface area contributed by atoms with Crippen LogP contribution in [-0.2, 0) is 4.74 Å². The van der Waals surface area contributed by atoms with Crippen LogP contribution in [0.1, 0.15) is 32.3 Å². The average molecular weight is 324 g/mol. The number of nitrogens with one attached hydrogen (secondary N) is 2. The summed E-state index contributed by atoms with van der Waals surface area (Å²) in [6, 6.07) is 5.67. The van der Waals surface area contributed by atoms with Crippen LogP contribution in [-0.4, -0.2) is 29.8 Å². The van der Waals surface area contributed by atoms with Gasteiger partial charge in [0.2, 0.25) is 0 Å². The summed E-state index contributed by atoms with van der Waals surface area (Å²) in [6.45, 7) is 6.33. The van der Waals surface area contributed by atoms with Gasteiger partial charge in [-0.3, -0.25) is 0 Å².